The molecule has 1 rings (SSSR count). The summed E-state index contributed by atoms with van der Waals surface area (Å²) in [6, 6.07) is 4.09. The van der Waals surface area contributed by atoms with E-state index in [4.69, 9.17) is 0 Å². The first kappa shape index (κ1) is 33.8. The number of hydrogen-bond acceptors (Lipinski definition) is 6. The Bertz CT molecular complexity index is 1060. The Morgan fingerprint density at radius 2 is 1.95 bits per heavy atom. The first-order valence-corrected chi connectivity index (χ1v) is 13.7. The van der Waals surface area contributed by atoms with E-state index in [1.54, 1.807) is 19.1 Å². The lowest BCUT2D eigenvalue weighted by molar-refractivity contribution is -0.0911. The number of carbonyl (C=O) groups is 1. The summed E-state index contributed by atoms with van der Waals surface area (Å²) < 4.78 is 0. The van der Waals surface area contributed by atoms with Gasteiger partial charge in [0.1, 0.15) is 11.9 Å². The maximum Gasteiger partial charge on any atom is 0.256 e. The van der Waals surface area contributed by atoms with E-state index in [1.165, 1.54) is 22.6 Å². The highest BCUT2D eigenvalue weighted by Gasteiger charge is 2.36. The number of para-hydroxylation sites is 1. The fourth-order valence-corrected chi connectivity index (χ4v) is 4.18. The summed E-state index contributed by atoms with van der Waals surface area (Å²) >= 11 is 0. The van der Waals surface area contributed by atoms with Crippen LogP contribution in [0.1, 0.15) is 84.0 Å². The smallest absolute Gasteiger partial charge is 0.256 e. The van der Waals surface area contributed by atoms with Gasteiger partial charge in [-0.1, -0.05) is 36.8 Å². The Morgan fingerprint density at radius 1 is 1.23 bits per heavy atom. The van der Waals surface area contributed by atoms with Crippen LogP contribution in [0.5, 0.6) is 5.75 Å². The molecule has 7 nitrogen and oxygen atoms in total. The van der Waals surface area contributed by atoms with Crippen LogP contribution >= 0.6 is 0 Å². The zero-order chi connectivity index (χ0) is 29.4. The number of phenols is 1. The van der Waals surface area contributed by atoms with Crippen LogP contribution in [0.15, 0.2) is 71.7 Å². The van der Waals surface area contributed by atoms with Crippen LogP contribution in [0, 0.1) is 0 Å². The summed E-state index contributed by atoms with van der Waals surface area (Å²) in [6.07, 6.45) is 11.9. The fraction of sp³-hybridized carbons (Fsp3) is 0.500. The van der Waals surface area contributed by atoms with Crippen molar-refractivity contribution < 1.29 is 25.2 Å². The Hall–Kier alpha value is -3.25. The van der Waals surface area contributed by atoms with Gasteiger partial charge in [-0.05, 0) is 96.6 Å². The number of amides is 1. The molecule has 5 N–H and O–H groups in total. The third kappa shape index (κ3) is 11.2. The number of carbonyl (C=O) groups excluding carboxylic acids is 1. The number of nitrogens with one attached hydrogen (secondary N) is 1. The van der Waals surface area contributed by atoms with Crippen molar-refractivity contribution in [3.8, 4) is 5.75 Å². The van der Waals surface area contributed by atoms with Crippen molar-refractivity contribution in [2.24, 2.45) is 0 Å². The maximum absolute atomic E-state index is 13.7. The van der Waals surface area contributed by atoms with Crippen LogP contribution < -0.4 is 5.32 Å². The number of anilines is 1. The van der Waals surface area contributed by atoms with E-state index in [9.17, 15) is 25.2 Å². The van der Waals surface area contributed by atoms with Crippen LogP contribution in [0.4, 0.5) is 5.69 Å². The maximum atomic E-state index is 13.7. The minimum absolute atomic E-state index is 0.0697. The molecule has 3 atom stereocenters. The van der Waals surface area contributed by atoms with Gasteiger partial charge >= 0.3 is 0 Å². The lowest BCUT2D eigenvalue weighted by atomic mass is 9.87. The molecule has 0 aliphatic heterocycles. The Balaban J connectivity index is 3.12. The summed E-state index contributed by atoms with van der Waals surface area (Å²) in [6.45, 7) is 11.7. The molecule has 216 valence electrons. The third-order valence-electron chi connectivity index (χ3n) is 6.77. The minimum Gasteiger partial charge on any atom is -0.516 e. The number of nitrogens with zero attached hydrogens (tertiary/aromatic N) is 1. The van der Waals surface area contributed by atoms with Gasteiger partial charge in [-0.3, -0.25) is 4.79 Å². The largest absolute Gasteiger partial charge is 0.516 e. The van der Waals surface area contributed by atoms with Crippen LogP contribution in [0.25, 0.3) is 0 Å². The molecule has 0 aromatic heterocycles. The molecule has 1 aromatic carbocycles. The summed E-state index contributed by atoms with van der Waals surface area (Å²) in [5, 5.41) is 45.5. The quantitative estimate of drug-likeness (QED) is 0.0716. The molecule has 39 heavy (non-hydrogen) atoms. The lowest BCUT2D eigenvalue weighted by Crippen LogP contribution is -2.51. The number of benzene rings is 1. The van der Waals surface area contributed by atoms with E-state index >= 15 is 0 Å². The number of aliphatic hydroxyl groups is 3. The molecule has 0 saturated heterocycles. The lowest BCUT2D eigenvalue weighted by Gasteiger charge is -2.37. The molecule has 0 spiro atoms. The topological polar surface area (TPSA) is 113 Å². The standard InChI is InChI=1S/C32H48N2O5/c1-7-9-21-33-30-27(17-12-18-28(30)36)31(38)34(26(6)19-22-35)23-29(37)32(39,8-2)20-13-16-25(5)15-11-10-14-24(3)4/h7,9-10,12,16-19,22,26,29,33,35-37,39H,8,11,13,15,20-21,23H2,1-6H3/b9-7-,22-19+,25-16+. The van der Waals surface area contributed by atoms with Gasteiger partial charge in [-0.15, -0.1) is 5.73 Å². The highest BCUT2D eigenvalue weighted by molar-refractivity contribution is 6.01. The first-order chi connectivity index (χ1) is 18.5. The molecule has 1 aromatic rings. The highest BCUT2D eigenvalue weighted by Crippen LogP contribution is 2.30. The van der Waals surface area contributed by atoms with Gasteiger partial charge in [0.2, 0.25) is 0 Å². The molecule has 0 bridgehead atoms. The molecule has 0 fully saturated rings. The summed E-state index contributed by atoms with van der Waals surface area (Å²) in [7, 11) is 0. The van der Waals surface area contributed by atoms with Crippen molar-refractivity contribution in [2.75, 3.05) is 18.4 Å². The second-order valence-corrected chi connectivity index (χ2v) is 10.1. The van der Waals surface area contributed by atoms with Crippen molar-refractivity contribution in [3.05, 3.63) is 77.3 Å². The van der Waals surface area contributed by atoms with E-state index in [0.29, 0.717) is 25.8 Å². The van der Waals surface area contributed by atoms with Gasteiger partial charge in [-0.25, -0.2) is 0 Å². The Morgan fingerprint density at radius 3 is 2.56 bits per heavy atom. The predicted molar refractivity (Wildman–Crippen MR) is 160 cm³/mol. The molecule has 7 heteroatoms. The molecule has 1 amide bonds. The normalized spacial score (nSPS) is 15.0. The van der Waals surface area contributed by atoms with Crippen molar-refractivity contribution in [2.45, 2.75) is 91.4 Å². The first-order valence-electron chi connectivity index (χ1n) is 13.7. The Labute approximate surface area is 234 Å². The van der Waals surface area contributed by atoms with Crippen molar-refractivity contribution in [1.29, 1.82) is 0 Å². The van der Waals surface area contributed by atoms with Gasteiger partial charge < -0.3 is 30.6 Å². The molecule has 0 radical (unpaired) electrons. The molecule has 0 aliphatic carbocycles. The van der Waals surface area contributed by atoms with Gasteiger partial charge in [-0.2, -0.15) is 0 Å². The molecule has 0 saturated carbocycles. The fourth-order valence-electron chi connectivity index (χ4n) is 4.18. The number of hydrogen-bond donors (Lipinski definition) is 5. The average Bonchev–Trinajstić information content (AvgIpc) is 2.90. The van der Waals surface area contributed by atoms with Gasteiger partial charge in [0.05, 0.1) is 35.7 Å². The monoisotopic (exact) mass is 540 g/mol. The zero-order valence-electron chi connectivity index (χ0n) is 24.4. The number of aromatic hydroxyl groups is 1. The summed E-state index contributed by atoms with van der Waals surface area (Å²) in [5.41, 5.74) is 4.64. The van der Waals surface area contributed by atoms with Gasteiger partial charge in [0.15, 0.2) is 0 Å². The summed E-state index contributed by atoms with van der Waals surface area (Å²) in [4.78, 5) is 15.1. The number of allylic oxidation sites excluding steroid dienone is 4. The van der Waals surface area contributed by atoms with E-state index in [1.807, 2.05) is 45.9 Å². The number of rotatable bonds is 16. The van der Waals surface area contributed by atoms with Crippen molar-refractivity contribution >= 4 is 11.6 Å². The van der Waals surface area contributed by atoms with Gasteiger partial charge in [0, 0.05) is 6.54 Å². The average molecular weight is 541 g/mol. The van der Waals surface area contributed by atoms with E-state index in [2.05, 4.69) is 24.0 Å². The minimum atomic E-state index is -1.41. The van der Waals surface area contributed by atoms with E-state index in [-0.39, 0.29) is 23.5 Å². The van der Waals surface area contributed by atoms with Crippen molar-refractivity contribution in [1.82, 2.24) is 4.90 Å². The van der Waals surface area contributed by atoms with E-state index < -0.39 is 23.7 Å². The second kappa shape index (κ2) is 17.4. The second-order valence-electron chi connectivity index (χ2n) is 10.1. The number of phenolic OH excluding ortho intramolecular Hbond substituents is 1. The zero-order valence-corrected chi connectivity index (χ0v) is 24.4. The third-order valence-corrected chi connectivity index (χ3v) is 6.77. The summed E-state index contributed by atoms with van der Waals surface area (Å²) in [5.74, 6) is -0.517. The van der Waals surface area contributed by atoms with Gasteiger partial charge in [0.25, 0.3) is 5.91 Å². The molecule has 3 unspecified atom stereocenters. The van der Waals surface area contributed by atoms with Crippen LogP contribution in [0.3, 0.4) is 0 Å². The van der Waals surface area contributed by atoms with Crippen molar-refractivity contribution in [3.63, 3.8) is 0 Å². The van der Waals surface area contributed by atoms with Crippen LogP contribution in [0.2, 0.25) is 0 Å². The number of aliphatic hydroxyl groups excluding tert-OH is 2. The SMILES string of the molecule is C/C=C\CNc1c(O)cccc1C(=O)N(CC(O)C(O)(CC)CC/C=C(\C)CCC=C=C(C)C)C(C)/C=C/O. The molecular weight excluding hydrogens is 492 g/mol. The molecular formula is C32H48N2O5. The van der Waals surface area contributed by atoms with E-state index in [0.717, 1.165) is 24.7 Å². The molecule has 0 heterocycles. The predicted octanol–water partition coefficient (Wildman–Crippen LogP) is 6.41. The highest BCUT2D eigenvalue weighted by atomic mass is 16.3. The Kier molecular flexibility index (Phi) is 15.0. The van der Waals surface area contributed by atoms with Crippen LogP contribution in [-0.4, -0.2) is 62.1 Å². The van der Waals surface area contributed by atoms with Crippen LogP contribution in [-0.2, 0) is 0 Å². The molecule has 0 aliphatic rings.